The van der Waals surface area contributed by atoms with Crippen LogP contribution >= 0.6 is 23.3 Å². The maximum Gasteiger partial charge on any atom is 0.289 e. The number of fused-ring (bicyclic) bond motifs is 2. The van der Waals surface area contributed by atoms with E-state index >= 15 is 0 Å². The molecule has 1 saturated heterocycles. The Morgan fingerprint density at radius 1 is 1.07 bits per heavy atom. The third kappa shape index (κ3) is 3.25. The summed E-state index contributed by atoms with van der Waals surface area (Å²) in [5, 5.41) is 1.31. The third-order valence-electron chi connectivity index (χ3n) is 5.08. The first-order chi connectivity index (χ1) is 14.4. The zero-order valence-corrected chi connectivity index (χ0v) is 17.9. The summed E-state index contributed by atoms with van der Waals surface area (Å²) in [6.45, 7) is 0.907. The fraction of sp³-hybridized carbons (Fsp3) is 0.211. The highest BCUT2D eigenvalue weighted by Crippen LogP contribution is 2.27. The van der Waals surface area contributed by atoms with Crippen LogP contribution in [0.1, 0.15) is 10.6 Å². The average Bonchev–Trinajstić information content (AvgIpc) is 3.39. The Hall–Kier alpha value is -2.53. The molecule has 0 spiro atoms. The summed E-state index contributed by atoms with van der Waals surface area (Å²) < 4.78 is 41.5. The van der Waals surface area contributed by atoms with E-state index in [0.717, 1.165) is 17.1 Å². The van der Waals surface area contributed by atoms with E-state index in [-0.39, 0.29) is 42.7 Å². The summed E-state index contributed by atoms with van der Waals surface area (Å²) in [5.74, 6) is -0.0629. The minimum atomic E-state index is -3.74. The van der Waals surface area contributed by atoms with E-state index in [1.54, 1.807) is 41.3 Å². The van der Waals surface area contributed by atoms with Crippen molar-refractivity contribution in [1.29, 1.82) is 0 Å². The lowest BCUT2D eigenvalue weighted by molar-refractivity contribution is 0.0668. The van der Waals surface area contributed by atoms with Gasteiger partial charge in [0.25, 0.3) is 5.91 Å². The number of furan rings is 1. The Balaban J connectivity index is 1.34. The standard InChI is InChI=1S/C19H15ClN4O4S2/c20-13-4-5-15-12(10-13)11-16(28-15)19(25)23-6-8-24(9-7-23)30(26,27)17-3-1-2-14-18(17)22-29-21-14/h1-5,10-11H,6-9H2. The lowest BCUT2D eigenvalue weighted by atomic mass is 10.2. The van der Waals surface area contributed by atoms with Crippen LogP contribution in [0.5, 0.6) is 0 Å². The van der Waals surface area contributed by atoms with Crippen molar-refractivity contribution in [3.8, 4) is 0 Å². The Morgan fingerprint density at radius 3 is 2.67 bits per heavy atom. The molecule has 0 radical (unpaired) electrons. The molecule has 1 amide bonds. The molecule has 4 aromatic rings. The van der Waals surface area contributed by atoms with Crippen molar-refractivity contribution < 1.29 is 17.6 Å². The molecule has 5 rings (SSSR count). The second-order valence-electron chi connectivity index (χ2n) is 6.88. The summed E-state index contributed by atoms with van der Waals surface area (Å²) in [4.78, 5) is 14.6. The number of sulfonamides is 1. The quantitative estimate of drug-likeness (QED) is 0.463. The average molecular weight is 463 g/mol. The fourth-order valence-electron chi connectivity index (χ4n) is 3.54. The number of nitrogens with zero attached hydrogens (tertiary/aromatic N) is 4. The Kier molecular flexibility index (Phi) is 4.73. The van der Waals surface area contributed by atoms with Crippen LogP contribution in [0.15, 0.2) is 51.8 Å². The van der Waals surface area contributed by atoms with E-state index in [1.165, 1.54) is 10.4 Å². The highest BCUT2D eigenvalue weighted by Gasteiger charge is 2.33. The number of aromatic nitrogens is 2. The number of halogens is 1. The van der Waals surface area contributed by atoms with E-state index in [4.69, 9.17) is 16.0 Å². The summed E-state index contributed by atoms with van der Waals surface area (Å²) in [7, 11) is -3.74. The van der Waals surface area contributed by atoms with Crippen molar-refractivity contribution in [2.75, 3.05) is 26.2 Å². The van der Waals surface area contributed by atoms with Gasteiger partial charge in [0.2, 0.25) is 10.0 Å². The molecule has 1 aliphatic heterocycles. The molecule has 2 aromatic heterocycles. The minimum Gasteiger partial charge on any atom is -0.451 e. The van der Waals surface area contributed by atoms with Crippen molar-refractivity contribution in [1.82, 2.24) is 18.0 Å². The zero-order valence-electron chi connectivity index (χ0n) is 15.5. The second kappa shape index (κ2) is 7.31. The number of piperazine rings is 1. The van der Waals surface area contributed by atoms with Crippen molar-refractivity contribution in [2.45, 2.75) is 4.90 Å². The minimum absolute atomic E-state index is 0.141. The maximum absolute atomic E-state index is 13.1. The molecule has 30 heavy (non-hydrogen) atoms. The Morgan fingerprint density at radius 2 is 1.87 bits per heavy atom. The highest BCUT2D eigenvalue weighted by atomic mass is 35.5. The number of rotatable bonds is 3. The van der Waals surface area contributed by atoms with Gasteiger partial charge in [-0.2, -0.15) is 13.1 Å². The lowest BCUT2D eigenvalue weighted by Crippen LogP contribution is -2.50. The monoisotopic (exact) mass is 462 g/mol. The molecule has 0 N–H and O–H groups in total. The zero-order chi connectivity index (χ0) is 20.9. The molecular formula is C19H15ClN4O4S2. The van der Waals surface area contributed by atoms with E-state index in [1.807, 2.05) is 0 Å². The predicted molar refractivity (Wildman–Crippen MR) is 113 cm³/mol. The third-order valence-corrected chi connectivity index (χ3v) is 7.79. The van der Waals surface area contributed by atoms with Crippen LogP contribution in [-0.2, 0) is 10.0 Å². The number of benzene rings is 2. The number of carbonyl (C=O) groups is 1. The SMILES string of the molecule is O=C(c1cc2cc(Cl)ccc2o1)N1CCN(S(=O)(=O)c2cccc3nsnc23)CC1. The van der Waals surface area contributed by atoms with Crippen molar-refractivity contribution in [3.63, 3.8) is 0 Å². The smallest absolute Gasteiger partial charge is 0.289 e. The molecular weight excluding hydrogens is 448 g/mol. The highest BCUT2D eigenvalue weighted by molar-refractivity contribution is 7.89. The van der Waals surface area contributed by atoms with E-state index in [9.17, 15) is 13.2 Å². The van der Waals surface area contributed by atoms with Crippen LogP contribution in [0.2, 0.25) is 5.02 Å². The summed E-state index contributed by atoms with van der Waals surface area (Å²) in [5.41, 5.74) is 1.51. The van der Waals surface area contributed by atoms with Crippen molar-refractivity contribution in [3.05, 3.63) is 53.2 Å². The van der Waals surface area contributed by atoms with Crippen LogP contribution in [0, 0.1) is 0 Å². The van der Waals surface area contributed by atoms with Crippen molar-refractivity contribution >= 4 is 61.3 Å². The molecule has 0 saturated carbocycles. The Bertz CT molecular complexity index is 1370. The van der Waals surface area contributed by atoms with E-state index in [0.29, 0.717) is 21.6 Å². The molecule has 1 aliphatic rings. The summed E-state index contributed by atoms with van der Waals surface area (Å²) >= 11 is 6.97. The number of carbonyl (C=O) groups excluding carboxylic acids is 1. The van der Waals surface area contributed by atoms with Crippen LogP contribution in [-0.4, -0.2) is 58.5 Å². The first-order valence-corrected chi connectivity index (χ1v) is 11.7. The molecule has 1 fully saturated rings. The molecule has 11 heteroatoms. The lowest BCUT2D eigenvalue weighted by Gasteiger charge is -2.33. The van der Waals surface area contributed by atoms with Gasteiger partial charge in [-0.15, -0.1) is 0 Å². The van der Waals surface area contributed by atoms with Gasteiger partial charge in [-0.05, 0) is 36.4 Å². The first-order valence-electron chi connectivity index (χ1n) is 9.13. The van der Waals surface area contributed by atoms with Gasteiger partial charge in [-0.1, -0.05) is 17.7 Å². The number of hydrogen-bond acceptors (Lipinski definition) is 7. The number of hydrogen-bond donors (Lipinski definition) is 0. The molecule has 8 nitrogen and oxygen atoms in total. The molecule has 3 heterocycles. The van der Waals surface area contributed by atoms with Gasteiger partial charge in [0.15, 0.2) is 5.76 Å². The van der Waals surface area contributed by atoms with Crippen LogP contribution in [0.4, 0.5) is 0 Å². The Labute approximate surface area is 181 Å². The number of amides is 1. The molecule has 0 unspecified atom stereocenters. The molecule has 0 aliphatic carbocycles. The van der Waals surface area contributed by atoms with Crippen molar-refractivity contribution in [2.24, 2.45) is 0 Å². The van der Waals surface area contributed by atoms with Crippen LogP contribution < -0.4 is 0 Å². The molecule has 2 aromatic carbocycles. The van der Waals surface area contributed by atoms with Gasteiger partial charge in [0, 0.05) is 36.6 Å². The topological polar surface area (TPSA) is 96.6 Å². The van der Waals surface area contributed by atoms with Gasteiger partial charge in [0.1, 0.15) is 21.5 Å². The summed E-state index contributed by atoms with van der Waals surface area (Å²) in [6.07, 6.45) is 0. The van der Waals surface area contributed by atoms with Gasteiger partial charge in [0.05, 0.1) is 11.7 Å². The van der Waals surface area contributed by atoms with Gasteiger partial charge < -0.3 is 9.32 Å². The van der Waals surface area contributed by atoms with Gasteiger partial charge in [-0.3, -0.25) is 4.79 Å². The normalized spacial score (nSPS) is 15.8. The van der Waals surface area contributed by atoms with Crippen LogP contribution in [0.25, 0.3) is 22.0 Å². The van der Waals surface area contributed by atoms with Gasteiger partial charge in [-0.25, -0.2) is 8.42 Å². The second-order valence-corrected chi connectivity index (χ2v) is 9.75. The largest absolute Gasteiger partial charge is 0.451 e. The van der Waals surface area contributed by atoms with Gasteiger partial charge >= 0.3 is 0 Å². The predicted octanol–water partition coefficient (Wildman–Crippen LogP) is 3.24. The fourth-order valence-corrected chi connectivity index (χ4v) is 5.89. The molecule has 0 atom stereocenters. The first kappa shape index (κ1) is 19.4. The molecule has 154 valence electrons. The van der Waals surface area contributed by atoms with E-state index in [2.05, 4.69) is 8.75 Å². The summed E-state index contributed by atoms with van der Waals surface area (Å²) in [6, 6.07) is 11.7. The maximum atomic E-state index is 13.1. The van der Waals surface area contributed by atoms with E-state index < -0.39 is 10.0 Å². The van der Waals surface area contributed by atoms with Crippen LogP contribution in [0.3, 0.4) is 0 Å². The molecule has 0 bridgehead atoms.